The van der Waals surface area contributed by atoms with Crippen LogP contribution in [-0.4, -0.2) is 15.5 Å². The van der Waals surface area contributed by atoms with E-state index < -0.39 is 9.05 Å². The monoisotopic (exact) mass is 274 g/mol. The van der Waals surface area contributed by atoms with E-state index in [9.17, 15) is 8.42 Å². The first kappa shape index (κ1) is 11.9. The van der Waals surface area contributed by atoms with Gasteiger partial charge >= 0.3 is 0 Å². The van der Waals surface area contributed by atoms with Crippen LogP contribution in [0.3, 0.4) is 0 Å². The summed E-state index contributed by atoms with van der Waals surface area (Å²) in [6.07, 6.45) is 0. The molecule has 0 aliphatic heterocycles. The van der Waals surface area contributed by atoms with Crippen LogP contribution in [0.15, 0.2) is 17.0 Å². The summed E-state index contributed by atoms with van der Waals surface area (Å²) in [4.78, 5) is -0.302. The van der Waals surface area contributed by atoms with Crippen LogP contribution in [0.1, 0.15) is 0 Å². The molecule has 0 saturated heterocycles. The molecule has 0 amide bonds. The smallest absolute Gasteiger partial charge is 0.264 e. The third-order valence-corrected chi connectivity index (χ3v) is 3.66. The van der Waals surface area contributed by atoms with Gasteiger partial charge in [0.05, 0.1) is 17.2 Å². The molecule has 0 bridgehead atoms. The van der Waals surface area contributed by atoms with Crippen LogP contribution < -0.4 is 4.74 Å². The van der Waals surface area contributed by atoms with Gasteiger partial charge in [0.15, 0.2) is 0 Å². The predicted molar refractivity (Wildman–Crippen MR) is 56.1 cm³/mol. The van der Waals surface area contributed by atoms with E-state index in [-0.39, 0.29) is 14.9 Å². The van der Waals surface area contributed by atoms with E-state index in [4.69, 9.17) is 38.6 Å². The van der Waals surface area contributed by atoms with Gasteiger partial charge < -0.3 is 4.74 Å². The van der Waals surface area contributed by atoms with Gasteiger partial charge in [0.1, 0.15) is 10.6 Å². The third kappa shape index (κ3) is 2.45. The van der Waals surface area contributed by atoms with Crippen molar-refractivity contribution in [1.82, 2.24) is 0 Å². The Kier molecular flexibility index (Phi) is 3.53. The van der Waals surface area contributed by atoms with Crippen molar-refractivity contribution >= 4 is 42.9 Å². The number of hydrogen-bond donors (Lipinski definition) is 0. The van der Waals surface area contributed by atoms with Gasteiger partial charge in [-0.25, -0.2) is 8.42 Å². The zero-order valence-electron chi connectivity index (χ0n) is 6.92. The van der Waals surface area contributed by atoms with Crippen molar-refractivity contribution in [2.75, 3.05) is 7.11 Å². The Morgan fingerprint density at radius 2 is 1.64 bits per heavy atom. The molecule has 0 radical (unpaired) electrons. The van der Waals surface area contributed by atoms with E-state index >= 15 is 0 Å². The van der Waals surface area contributed by atoms with Crippen LogP contribution in [0, 0.1) is 0 Å². The van der Waals surface area contributed by atoms with Crippen LogP contribution in [0.25, 0.3) is 0 Å². The number of rotatable bonds is 2. The summed E-state index contributed by atoms with van der Waals surface area (Å²) in [6.45, 7) is 0. The van der Waals surface area contributed by atoms with Crippen molar-refractivity contribution in [2.45, 2.75) is 4.90 Å². The molecule has 0 atom stereocenters. The quantitative estimate of drug-likeness (QED) is 0.780. The Morgan fingerprint density at radius 1 is 1.21 bits per heavy atom. The van der Waals surface area contributed by atoms with Gasteiger partial charge in [-0.05, 0) is 0 Å². The Balaban J connectivity index is 3.48. The first-order valence-electron chi connectivity index (χ1n) is 3.34. The van der Waals surface area contributed by atoms with Crippen molar-refractivity contribution in [2.24, 2.45) is 0 Å². The molecule has 0 heterocycles. The summed E-state index contributed by atoms with van der Waals surface area (Å²) >= 11 is 11.3. The van der Waals surface area contributed by atoms with Crippen LogP contribution in [0.4, 0.5) is 0 Å². The largest absolute Gasteiger partial charge is 0.497 e. The SMILES string of the molecule is COc1cc(Cl)c(S(=O)(=O)Cl)c(Cl)c1. The highest BCUT2D eigenvalue weighted by molar-refractivity contribution is 8.14. The maximum Gasteiger partial charge on any atom is 0.264 e. The van der Waals surface area contributed by atoms with Crippen molar-refractivity contribution < 1.29 is 13.2 Å². The van der Waals surface area contributed by atoms with E-state index in [2.05, 4.69) is 0 Å². The average molecular weight is 276 g/mol. The van der Waals surface area contributed by atoms with E-state index in [1.807, 2.05) is 0 Å². The Hall–Kier alpha value is -0.160. The molecular weight excluding hydrogens is 270 g/mol. The average Bonchev–Trinajstić information content (AvgIpc) is 1.99. The van der Waals surface area contributed by atoms with Crippen LogP contribution in [0.2, 0.25) is 10.0 Å². The summed E-state index contributed by atoms with van der Waals surface area (Å²) in [5.41, 5.74) is 0. The molecule has 78 valence electrons. The minimum Gasteiger partial charge on any atom is -0.497 e. The van der Waals surface area contributed by atoms with Gasteiger partial charge in [0, 0.05) is 22.8 Å². The van der Waals surface area contributed by atoms with Crippen molar-refractivity contribution in [1.29, 1.82) is 0 Å². The van der Waals surface area contributed by atoms with E-state index in [1.165, 1.54) is 19.2 Å². The molecule has 0 aliphatic rings. The summed E-state index contributed by atoms with van der Waals surface area (Å²) < 4.78 is 26.9. The highest BCUT2D eigenvalue weighted by atomic mass is 35.7. The second kappa shape index (κ2) is 4.14. The standard InChI is InChI=1S/C7H5Cl3O3S/c1-13-4-2-5(8)7(6(9)3-4)14(10,11)12/h2-3H,1H3. The molecule has 7 heteroatoms. The lowest BCUT2D eigenvalue weighted by Crippen LogP contribution is -1.94. The fraction of sp³-hybridized carbons (Fsp3) is 0.143. The maximum absolute atomic E-state index is 11.0. The van der Waals surface area contributed by atoms with Gasteiger partial charge in [-0.15, -0.1) is 0 Å². The number of halogens is 3. The topological polar surface area (TPSA) is 43.4 Å². The van der Waals surface area contributed by atoms with Crippen LogP contribution in [0.5, 0.6) is 5.75 Å². The first-order chi connectivity index (χ1) is 6.36. The molecule has 1 aromatic rings. The number of ether oxygens (including phenoxy) is 1. The molecular formula is C7H5Cl3O3S. The summed E-state index contributed by atoms with van der Waals surface area (Å²) in [6, 6.07) is 2.64. The third-order valence-electron chi connectivity index (χ3n) is 1.45. The van der Waals surface area contributed by atoms with Gasteiger partial charge in [0.25, 0.3) is 9.05 Å². The van der Waals surface area contributed by atoms with E-state index in [0.29, 0.717) is 5.75 Å². The second-order valence-electron chi connectivity index (χ2n) is 2.36. The Morgan fingerprint density at radius 3 is 1.93 bits per heavy atom. The fourth-order valence-corrected chi connectivity index (χ4v) is 3.28. The molecule has 0 spiro atoms. The number of methoxy groups -OCH3 is 1. The molecule has 1 rings (SSSR count). The number of benzene rings is 1. The van der Waals surface area contributed by atoms with Gasteiger partial charge in [0.2, 0.25) is 0 Å². The lowest BCUT2D eigenvalue weighted by molar-refractivity contribution is 0.414. The van der Waals surface area contributed by atoms with Crippen molar-refractivity contribution in [3.8, 4) is 5.75 Å². The highest BCUT2D eigenvalue weighted by Gasteiger charge is 2.20. The molecule has 1 aromatic carbocycles. The normalized spacial score (nSPS) is 11.4. The number of hydrogen-bond acceptors (Lipinski definition) is 3. The van der Waals surface area contributed by atoms with Gasteiger partial charge in [-0.2, -0.15) is 0 Å². The summed E-state index contributed by atoms with van der Waals surface area (Å²) in [5.74, 6) is 0.365. The Bertz CT molecular complexity index is 432. The zero-order valence-corrected chi connectivity index (χ0v) is 10.0. The predicted octanol–water partition coefficient (Wildman–Crippen LogP) is 2.93. The molecule has 0 unspecified atom stereocenters. The fourth-order valence-electron chi connectivity index (χ4n) is 0.887. The molecule has 0 aliphatic carbocycles. The van der Waals surface area contributed by atoms with Crippen LogP contribution >= 0.6 is 33.9 Å². The molecule has 0 aromatic heterocycles. The molecule has 0 N–H and O–H groups in total. The first-order valence-corrected chi connectivity index (χ1v) is 6.40. The lowest BCUT2D eigenvalue weighted by Gasteiger charge is -2.05. The lowest BCUT2D eigenvalue weighted by atomic mass is 10.3. The molecule has 3 nitrogen and oxygen atoms in total. The molecule has 0 fully saturated rings. The second-order valence-corrected chi connectivity index (χ2v) is 5.68. The van der Waals surface area contributed by atoms with Crippen molar-refractivity contribution in [3.63, 3.8) is 0 Å². The minimum atomic E-state index is -3.94. The molecule has 14 heavy (non-hydrogen) atoms. The summed E-state index contributed by atoms with van der Waals surface area (Å²) in [7, 11) is 2.60. The van der Waals surface area contributed by atoms with Gasteiger partial charge in [-0.1, -0.05) is 23.2 Å². The summed E-state index contributed by atoms with van der Waals surface area (Å²) in [5, 5.41) is -0.131. The maximum atomic E-state index is 11.0. The minimum absolute atomic E-state index is 0.0654. The zero-order chi connectivity index (χ0) is 10.9. The van der Waals surface area contributed by atoms with E-state index in [0.717, 1.165) is 0 Å². The van der Waals surface area contributed by atoms with Gasteiger partial charge in [-0.3, -0.25) is 0 Å². The van der Waals surface area contributed by atoms with E-state index in [1.54, 1.807) is 0 Å². The van der Waals surface area contributed by atoms with Crippen molar-refractivity contribution in [3.05, 3.63) is 22.2 Å². The molecule has 0 saturated carbocycles. The van der Waals surface area contributed by atoms with Crippen LogP contribution in [-0.2, 0) is 9.05 Å². The highest BCUT2D eigenvalue weighted by Crippen LogP contribution is 2.35. The Labute approximate surface area is 95.9 Å².